The zero-order chi connectivity index (χ0) is 9.03. The maximum atomic E-state index is 10.9. The lowest BCUT2D eigenvalue weighted by molar-refractivity contribution is -0.152. The summed E-state index contributed by atoms with van der Waals surface area (Å²) in [6, 6.07) is 0. The van der Waals surface area contributed by atoms with Crippen LogP contribution in [0.25, 0.3) is 0 Å². The molecule has 12 heavy (non-hydrogen) atoms. The first-order chi connectivity index (χ1) is 5.66. The molecule has 0 aliphatic carbocycles. The Balaban J connectivity index is 2.25. The van der Waals surface area contributed by atoms with E-state index in [-0.39, 0.29) is 5.91 Å². The number of ether oxygens (including phenoxy) is 2. The average Bonchev–Trinajstić information content (AvgIpc) is 2.49. The number of hydrogen-bond acceptors (Lipinski definition) is 3. The van der Waals surface area contributed by atoms with Crippen molar-refractivity contribution in [2.45, 2.75) is 25.6 Å². The van der Waals surface area contributed by atoms with Crippen LogP contribution in [0.5, 0.6) is 0 Å². The first-order valence-electron chi connectivity index (χ1n) is 4.15. The molecule has 0 saturated carbocycles. The van der Waals surface area contributed by atoms with Crippen molar-refractivity contribution in [3.8, 4) is 0 Å². The zero-order valence-corrected chi connectivity index (χ0v) is 7.55. The molecule has 1 rings (SSSR count). The predicted molar refractivity (Wildman–Crippen MR) is 43.6 cm³/mol. The molecule has 1 aliphatic heterocycles. The lowest BCUT2D eigenvalue weighted by atomic mass is 10.1. The van der Waals surface area contributed by atoms with E-state index in [9.17, 15) is 4.79 Å². The third-order valence-electron chi connectivity index (χ3n) is 1.98. The average molecular weight is 173 g/mol. The van der Waals surface area contributed by atoms with Gasteiger partial charge < -0.3 is 14.8 Å². The van der Waals surface area contributed by atoms with Gasteiger partial charge in [0.15, 0.2) is 5.79 Å². The second-order valence-corrected chi connectivity index (χ2v) is 3.00. The Hall–Kier alpha value is -0.610. The monoisotopic (exact) mass is 173 g/mol. The smallest absolute Gasteiger partial charge is 0.219 e. The summed E-state index contributed by atoms with van der Waals surface area (Å²) in [5.41, 5.74) is 0. The highest BCUT2D eigenvalue weighted by Gasteiger charge is 2.30. The quantitative estimate of drug-likeness (QED) is 0.666. The van der Waals surface area contributed by atoms with Gasteiger partial charge in [0.1, 0.15) is 0 Å². The van der Waals surface area contributed by atoms with Gasteiger partial charge in [0, 0.05) is 19.9 Å². The topological polar surface area (TPSA) is 47.6 Å². The zero-order valence-electron chi connectivity index (χ0n) is 7.55. The summed E-state index contributed by atoms with van der Waals surface area (Å²) in [7, 11) is 1.63. The lowest BCUT2D eigenvalue weighted by Crippen LogP contribution is -2.28. The highest BCUT2D eigenvalue weighted by atomic mass is 16.7. The van der Waals surface area contributed by atoms with Crippen LogP contribution in [0.4, 0.5) is 0 Å². The Morgan fingerprint density at radius 3 is 2.58 bits per heavy atom. The number of rotatable bonds is 3. The largest absolute Gasteiger partial charge is 0.359 e. The Morgan fingerprint density at radius 1 is 1.50 bits per heavy atom. The molecule has 0 bridgehead atoms. The third kappa shape index (κ3) is 2.46. The molecule has 1 saturated heterocycles. The van der Waals surface area contributed by atoms with E-state index in [1.54, 1.807) is 7.05 Å². The number of carbonyl (C=O) groups excluding carboxylic acids is 1. The van der Waals surface area contributed by atoms with E-state index >= 15 is 0 Å². The number of hydrogen-bond donors (Lipinski definition) is 1. The van der Waals surface area contributed by atoms with Gasteiger partial charge in [0.05, 0.1) is 13.2 Å². The molecular formula is C8H15NO3. The van der Waals surface area contributed by atoms with Gasteiger partial charge >= 0.3 is 0 Å². The molecule has 1 heterocycles. The standard InChI is InChI=1S/C8H15NO3/c1-8(11-5-6-12-8)4-3-7(10)9-2/h3-6H2,1-2H3,(H,9,10). The second kappa shape index (κ2) is 3.87. The van der Waals surface area contributed by atoms with Crippen LogP contribution < -0.4 is 5.32 Å². The molecule has 1 N–H and O–H groups in total. The predicted octanol–water partition coefficient (Wildman–Crippen LogP) is 0.276. The first-order valence-corrected chi connectivity index (χ1v) is 4.15. The Bertz CT molecular complexity index is 164. The summed E-state index contributed by atoms with van der Waals surface area (Å²) >= 11 is 0. The van der Waals surface area contributed by atoms with Gasteiger partial charge in [0.25, 0.3) is 0 Å². The van der Waals surface area contributed by atoms with Gasteiger partial charge in [-0.15, -0.1) is 0 Å². The van der Waals surface area contributed by atoms with E-state index in [2.05, 4.69) is 5.32 Å². The number of amides is 1. The molecule has 4 nitrogen and oxygen atoms in total. The molecule has 0 radical (unpaired) electrons. The van der Waals surface area contributed by atoms with Crippen LogP contribution in [0.1, 0.15) is 19.8 Å². The van der Waals surface area contributed by atoms with Crippen molar-refractivity contribution in [1.82, 2.24) is 5.32 Å². The Kier molecular flexibility index (Phi) is 3.05. The fourth-order valence-electron chi connectivity index (χ4n) is 1.17. The van der Waals surface area contributed by atoms with Crippen LogP contribution in [-0.4, -0.2) is 32.0 Å². The SMILES string of the molecule is CNC(=O)CCC1(C)OCCO1. The van der Waals surface area contributed by atoms with Crippen LogP contribution in [-0.2, 0) is 14.3 Å². The van der Waals surface area contributed by atoms with Crippen LogP contribution in [0.3, 0.4) is 0 Å². The van der Waals surface area contributed by atoms with E-state index in [1.165, 1.54) is 0 Å². The van der Waals surface area contributed by atoms with E-state index < -0.39 is 5.79 Å². The van der Waals surface area contributed by atoms with Crippen LogP contribution >= 0.6 is 0 Å². The highest BCUT2D eigenvalue weighted by Crippen LogP contribution is 2.23. The van der Waals surface area contributed by atoms with E-state index in [0.29, 0.717) is 26.1 Å². The fourth-order valence-corrected chi connectivity index (χ4v) is 1.17. The first kappa shape index (κ1) is 9.48. The van der Waals surface area contributed by atoms with Crippen LogP contribution in [0, 0.1) is 0 Å². The summed E-state index contributed by atoms with van der Waals surface area (Å²) in [6.45, 7) is 3.12. The Labute approximate surface area is 72.2 Å². The molecule has 1 aliphatic rings. The molecule has 0 spiro atoms. The minimum absolute atomic E-state index is 0.0234. The lowest BCUT2D eigenvalue weighted by Gasteiger charge is -2.21. The molecule has 0 aromatic rings. The van der Waals surface area contributed by atoms with Crippen molar-refractivity contribution in [3.63, 3.8) is 0 Å². The van der Waals surface area contributed by atoms with Crippen molar-refractivity contribution in [2.75, 3.05) is 20.3 Å². The van der Waals surface area contributed by atoms with Crippen molar-refractivity contribution in [1.29, 1.82) is 0 Å². The number of nitrogens with one attached hydrogen (secondary N) is 1. The fraction of sp³-hybridized carbons (Fsp3) is 0.875. The van der Waals surface area contributed by atoms with E-state index in [0.717, 1.165) is 0 Å². The van der Waals surface area contributed by atoms with Gasteiger partial charge in [0.2, 0.25) is 5.91 Å². The maximum absolute atomic E-state index is 10.9. The van der Waals surface area contributed by atoms with E-state index in [4.69, 9.17) is 9.47 Å². The molecule has 0 aromatic heterocycles. The van der Waals surface area contributed by atoms with Crippen molar-refractivity contribution in [2.24, 2.45) is 0 Å². The van der Waals surface area contributed by atoms with Gasteiger partial charge in [-0.2, -0.15) is 0 Å². The Morgan fingerprint density at radius 2 is 2.08 bits per heavy atom. The van der Waals surface area contributed by atoms with Gasteiger partial charge in [-0.25, -0.2) is 0 Å². The van der Waals surface area contributed by atoms with Gasteiger partial charge in [-0.3, -0.25) is 4.79 Å². The summed E-state index contributed by atoms with van der Waals surface area (Å²) < 4.78 is 10.7. The molecule has 1 amide bonds. The van der Waals surface area contributed by atoms with Crippen LogP contribution in [0.2, 0.25) is 0 Å². The third-order valence-corrected chi connectivity index (χ3v) is 1.98. The summed E-state index contributed by atoms with van der Waals surface area (Å²) in [6.07, 6.45) is 1.07. The summed E-state index contributed by atoms with van der Waals surface area (Å²) in [4.78, 5) is 10.9. The minimum atomic E-state index is -0.535. The molecule has 4 heteroatoms. The van der Waals surface area contributed by atoms with Gasteiger partial charge in [-0.1, -0.05) is 0 Å². The van der Waals surface area contributed by atoms with Crippen LogP contribution in [0.15, 0.2) is 0 Å². The maximum Gasteiger partial charge on any atom is 0.219 e. The molecule has 1 fully saturated rings. The molecule has 0 unspecified atom stereocenters. The highest BCUT2D eigenvalue weighted by molar-refractivity contribution is 5.75. The van der Waals surface area contributed by atoms with E-state index in [1.807, 2.05) is 6.92 Å². The molecule has 0 aromatic carbocycles. The normalized spacial score (nSPS) is 20.8. The summed E-state index contributed by atoms with van der Waals surface area (Å²) in [5.74, 6) is -0.512. The minimum Gasteiger partial charge on any atom is -0.359 e. The van der Waals surface area contributed by atoms with Crippen molar-refractivity contribution < 1.29 is 14.3 Å². The van der Waals surface area contributed by atoms with Crippen molar-refractivity contribution in [3.05, 3.63) is 0 Å². The molecule has 70 valence electrons. The summed E-state index contributed by atoms with van der Waals surface area (Å²) in [5, 5.41) is 2.56. The second-order valence-electron chi connectivity index (χ2n) is 3.00. The number of carbonyl (C=O) groups is 1. The van der Waals surface area contributed by atoms with Gasteiger partial charge in [-0.05, 0) is 6.92 Å². The van der Waals surface area contributed by atoms with Crippen molar-refractivity contribution >= 4 is 5.91 Å². The molecule has 0 atom stereocenters. The molecular weight excluding hydrogens is 158 g/mol.